The van der Waals surface area contributed by atoms with Crippen LogP contribution in [0.1, 0.15) is 32.6 Å². The molecule has 10 nitrogen and oxygen atoms in total. The van der Waals surface area contributed by atoms with E-state index in [9.17, 15) is 8.42 Å². The summed E-state index contributed by atoms with van der Waals surface area (Å²) in [6, 6.07) is 4.00. The van der Waals surface area contributed by atoms with Crippen LogP contribution in [0.15, 0.2) is 24.7 Å². The molecule has 11 heteroatoms. The van der Waals surface area contributed by atoms with Crippen molar-refractivity contribution in [1.82, 2.24) is 23.6 Å². The summed E-state index contributed by atoms with van der Waals surface area (Å²) in [7, 11) is -1.97. The van der Waals surface area contributed by atoms with E-state index in [4.69, 9.17) is 10.00 Å². The van der Waals surface area contributed by atoms with Crippen LogP contribution in [-0.4, -0.2) is 66.1 Å². The summed E-state index contributed by atoms with van der Waals surface area (Å²) in [4.78, 5) is 11.1. The van der Waals surface area contributed by atoms with Crippen molar-refractivity contribution in [3.8, 4) is 6.07 Å². The Morgan fingerprint density at radius 3 is 2.87 bits per heavy atom. The molecule has 1 spiro atoms. The normalized spacial score (nSPS) is 19.0. The van der Waals surface area contributed by atoms with Crippen molar-refractivity contribution in [2.45, 2.75) is 38.1 Å². The summed E-state index contributed by atoms with van der Waals surface area (Å²) in [6.07, 6.45) is 7.80. The number of nitrogens with zero attached hydrogens (tertiary/aromatic N) is 6. The van der Waals surface area contributed by atoms with Crippen LogP contribution < -0.4 is 9.62 Å². The fourth-order valence-corrected chi connectivity index (χ4v) is 5.87. The van der Waals surface area contributed by atoms with E-state index in [0.29, 0.717) is 38.4 Å². The average molecular weight is 446 g/mol. The zero-order valence-corrected chi connectivity index (χ0v) is 18.6. The Hall–Kier alpha value is -2.68. The van der Waals surface area contributed by atoms with Crippen molar-refractivity contribution in [1.29, 1.82) is 5.26 Å². The van der Waals surface area contributed by atoms with Gasteiger partial charge in [-0.25, -0.2) is 14.7 Å². The minimum absolute atomic E-state index is 0.277. The molecule has 1 N–H and O–H groups in total. The highest BCUT2D eigenvalue weighted by atomic mass is 32.2. The van der Waals surface area contributed by atoms with Gasteiger partial charge < -0.3 is 9.64 Å². The molecule has 2 aromatic rings. The molecular weight excluding hydrogens is 418 g/mol. The smallest absolute Gasteiger partial charge is 0.280 e. The van der Waals surface area contributed by atoms with Crippen LogP contribution in [0.2, 0.25) is 0 Å². The van der Waals surface area contributed by atoms with E-state index >= 15 is 0 Å². The minimum Gasteiger partial charge on any atom is -0.482 e. The topological polar surface area (TPSA) is 116 Å². The van der Waals surface area contributed by atoms with Crippen LogP contribution in [0.5, 0.6) is 0 Å². The Labute approximate surface area is 182 Å². The van der Waals surface area contributed by atoms with Crippen LogP contribution in [-0.2, 0) is 14.9 Å². The molecule has 1 aliphatic carbocycles. The number of unbranched alkanes of at least 4 members (excludes halogenated alkanes) is 1. The lowest BCUT2D eigenvalue weighted by Crippen LogP contribution is -2.59. The monoisotopic (exact) mass is 445 g/mol. The summed E-state index contributed by atoms with van der Waals surface area (Å²) in [5.74, 6) is 1.48. The second-order valence-electron chi connectivity index (χ2n) is 7.83. The molecular formula is C20H27N7O3S. The van der Waals surface area contributed by atoms with Crippen LogP contribution in [0.4, 0.5) is 5.82 Å². The number of nitrogens with one attached hydrogen (secondary N) is 1. The number of anilines is 1. The summed E-state index contributed by atoms with van der Waals surface area (Å²) in [5.41, 5.74) is 0.346. The highest BCUT2D eigenvalue weighted by Crippen LogP contribution is 2.46. The Morgan fingerprint density at radius 1 is 1.39 bits per heavy atom. The first-order chi connectivity index (χ1) is 15.0. The first kappa shape index (κ1) is 21.5. The average Bonchev–Trinajstić information content (AvgIpc) is 3.38. The summed E-state index contributed by atoms with van der Waals surface area (Å²) in [5, 5.41) is 9.55. The van der Waals surface area contributed by atoms with Crippen molar-refractivity contribution in [3.63, 3.8) is 0 Å². The highest BCUT2D eigenvalue weighted by molar-refractivity contribution is 7.87. The molecule has 2 aliphatic rings. The maximum Gasteiger partial charge on any atom is 0.280 e. The quantitative estimate of drug-likeness (QED) is 0.485. The number of methoxy groups -OCH3 is 1. The van der Waals surface area contributed by atoms with Gasteiger partial charge in [-0.1, -0.05) is 0 Å². The predicted octanol–water partition coefficient (Wildman–Crippen LogP) is 1.69. The summed E-state index contributed by atoms with van der Waals surface area (Å²) in [6.45, 7) is 3.69. The fourth-order valence-electron chi connectivity index (χ4n) is 4.24. The van der Waals surface area contributed by atoms with Gasteiger partial charge in [-0.3, -0.25) is 4.57 Å². The zero-order valence-electron chi connectivity index (χ0n) is 17.8. The maximum atomic E-state index is 12.9. The molecule has 1 saturated heterocycles. The SMILES string of the molecule is CC=C(OC)n1ccc2c(N3CCN(S(=O)(=O)NCCCC#N)C4(CC4)C3)ncnc21. The number of ether oxygens (including phenoxy) is 1. The molecule has 166 valence electrons. The first-order valence-electron chi connectivity index (χ1n) is 10.4. The van der Waals surface area contributed by atoms with Gasteiger partial charge in [0.2, 0.25) is 0 Å². The van der Waals surface area contributed by atoms with Gasteiger partial charge in [-0.05, 0) is 38.3 Å². The fraction of sp³-hybridized carbons (Fsp3) is 0.550. The van der Waals surface area contributed by atoms with Crippen molar-refractivity contribution >= 4 is 32.9 Å². The van der Waals surface area contributed by atoms with E-state index in [2.05, 4.69) is 19.6 Å². The third-order valence-electron chi connectivity index (χ3n) is 5.91. The van der Waals surface area contributed by atoms with E-state index in [0.717, 1.165) is 29.7 Å². The number of hydrogen-bond acceptors (Lipinski definition) is 7. The molecule has 3 heterocycles. The molecule has 0 bridgehead atoms. The van der Waals surface area contributed by atoms with Gasteiger partial charge in [0.25, 0.3) is 10.2 Å². The lowest BCUT2D eigenvalue weighted by atomic mass is 10.2. The van der Waals surface area contributed by atoms with Gasteiger partial charge in [0.1, 0.15) is 12.1 Å². The number of hydrogen-bond donors (Lipinski definition) is 1. The van der Waals surface area contributed by atoms with Crippen molar-refractivity contribution in [3.05, 3.63) is 24.7 Å². The van der Waals surface area contributed by atoms with Gasteiger partial charge in [0, 0.05) is 38.8 Å². The van der Waals surface area contributed by atoms with Gasteiger partial charge in [-0.2, -0.15) is 18.0 Å². The summed E-state index contributed by atoms with van der Waals surface area (Å²) >= 11 is 0. The molecule has 1 aliphatic heterocycles. The Bertz CT molecular complexity index is 1130. The molecule has 4 rings (SSSR count). The van der Waals surface area contributed by atoms with Crippen LogP contribution in [0.25, 0.3) is 16.9 Å². The Morgan fingerprint density at radius 2 is 2.19 bits per heavy atom. The minimum atomic E-state index is -3.58. The Kier molecular flexibility index (Phi) is 5.88. The highest BCUT2D eigenvalue weighted by Gasteiger charge is 2.56. The van der Waals surface area contributed by atoms with Gasteiger partial charge in [0.05, 0.1) is 24.1 Å². The Balaban J connectivity index is 1.56. The van der Waals surface area contributed by atoms with E-state index in [1.54, 1.807) is 11.4 Å². The van der Waals surface area contributed by atoms with Crippen LogP contribution in [0.3, 0.4) is 0 Å². The third-order valence-corrected chi connectivity index (χ3v) is 7.63. The molecule has 0 unspecified atom stereocenters. The lowest BCUT2D eigenvalue weighted by Gasteiger charge is -2.41. The molecule has 1 saturated carbocycles. The predicted molar refractivity (Wildman–Crippen MR) is 117 cm³/mol. The van der Waals surface area contributed by atoms with E-state index in [1.807, 2.05) is 35.9 Å². The number of nitriles is 1. The molecule has 2 fully saturated rings. The number of allylic oxidation sites excluding steroid dienone is 1. The number of rotatable bonds is 8. The van der Waals surface area contributed by atoms with Crippen LogP contribution >= 0.6 is 0 Å². The second kappa shape index (κ2) is 8.45. The van der Waals surface area contributed by atoms with Crippen molar-refractivity contribution < 1.29 is 13.2 Å². The van der Waals surface area contributed by atoms with Crippen LogP contribution in [0, 0.1) is 11.3 Å². The molecule has 0 atom stereocenters. The van der Waals surface area contributed by atoms with Gasteiger partial charge >= 0.3 is 0 Å². The number of fused-ring (bicyclic) bond motifs is 1. The molecule has 0 radical (unpaired) electrons. The van der Waals surface area contributed by atoms with Gasteiger partial charge in [0.15, 0.2) is 11.5 Å². The van der Waals surface area contributed by atoms with E-state index in [-0.39, 0.29) is 6.54 Å². The van der Waals surface area contributed by atoms with Crippen molar-refractivity contribution in [2.24, 2.45) is 0 Å². The van der Waals surface area contributed by atoms with Crippen molar-refractivity contribution in [2.75, 3.05) is 38.2 Å². The van der Waals surface area contributed by atoms with E-state index in [1.165, 1.54) is 6.33 Å². The maximum absolute atomic E-state index is 12.9. The molecule has 31 heavy (non-hydrogen) atoms. The molecule has 2 aromatic heterocycles. The largest absolute Gasteiger partial charge is 0.482 e. The number of aromatic nitrogens is 3. The first-order valence-corrected chi connectivity index (χ1v) is 11.8. The van der Waals surface area contributed by atoms with Gasteiger partial charge in [-0.15, -0.1) is 0 Å². The summed E-state index contributed by atoms with van der Waals surface area (Å²) < 4.78 is 37.3. The zero-order chi connectivity index (χ0) is 22.1. The third kappa shape index (κ3) is 3.98. The number of piperazine rings is 1. The second-order valence-corrected chi connectivity index (χ2v) is 9.51. The lowest BCUT2D eigenvalue weighted by molar-refractivity contribution is 0.267. The molecule has 0 amide bonds. The standard InChI is InChI=1S/C20H27N7O3S/c1-3-17(30-2)26-11-6-16-18(22-15-23-19(16)26)25-12-13-27(20(14-25)7-8-20)31(28,29)24-10-5-4-9-21/h3,6,11,15,24H,4-5,7-8,10,12-14H2,1-2H3. The molecule has 0 aromatic carbocycles. The van der Waals surface area contributed by atoms with E-state index < -0.39 is 15.7 Å².